The van der Waals surface area contributed by atoms with Gasteiger partial charge in [0.25, 0.3) is 0 Å². The van der Waals surface area contributed by atoms with E-state index < -0.39 is 0 Å². The van der Waals surface area contributed by atoms with Crippen LogP contribution in [0.25, 0.3) is 0 Å². The molecule has 82 valence electrons. The van der Waals surface area contributed by atoms with E-state index in [-0.39, 0.29) is 6.04 Å². The molecular weight excluding hydrogens is 184 g/mol. The fraction of sp³-hybridized carbons (Fsp3) is 0.462. The molecule has 0 radical (unpaired) electrons. The van der Waals surface area contributed by atoms with E-state index in [2.05, 4.69) is 42.9 Å². The first kappa shape index (κ1) is 11.9. The summed E-state index contributed by atoms with van der Waals surface area (Å²) in [6.45, 7) is 13.2. The minimum atomic E-state index is 0.225. The smallest absolute Gasteiger partial charge is 0.0548 e. The summed E-state index contributed by atoms with van der Waals surface area (Å²) < 4.78 is 0. The molecule has 1 N–H and O–H groups in total. The second-order valence-corrected chi connectivity index (χ2v) is 3.96. The maximum Gasteiger partial charge on any atom is 0.0548 e. The zero-order valence-corrected chi connectivity index (χ0v) is 10.1. The molecule has 2 heteroatoms. The molecule has 1 heterocycles. The molecule has 1 aromatic rings. The Morgan fingerprint density at radius 2 is 2.13 bits per heavy atom. The molecule has 0 aromatic carbocycles. The number of likely N-dealkylation sites (N-methyl/N-ethyl adjacent to an activating group) is 1. The molecular formula is C13H20N2. The number of nitrogens with one attached hydrogen (secondary N) is 1. The molecule has 0 saturated heterocycles. The normalized spacial score (nSPS) is 12.5. The van der Waals surface area contributed by atoms with Crippen LogP contribution in [0.4, 0.5) is 0 Å². The fourth-order valence-corrected chi connectivity index (χ4v) is 1.76. The van der Waals surface area contributed by atoms with Crippen LogP contribution < -0.4 is 5.32 Å². The van der Waals surface area contributed by atoms with E-state index in [9.17, 15) is 0 Å². The highest BCUT2D eigenvalue weighted by atomic mass is 14.9. The van der Waals surface area contributed by atoms with Gasteiger partial charge in [0, 0.05) is 11.4 Å². The van der Waals surface area contributed by atoms with E-state index in [0.29, 0.717) is 0 Å². The van der Waals surface area contributed by atoms with Gasteiger partial charge in [-0.1, -0.05) is 25.1 Å². The second-order valence-electron chi connectivity index (χ2n) is 3.96. The van der Waals surface area contributed by atoms with Crippen molar-refractivity contribution in [3.8, 4) is 0 Å². The lowest BCUT2D eigenvalue weighted by molar-refractivity contribution is 0.615. The Kier molecular flexibility index (Phi) is 4.04. The monoisotopic (exact) mass is 204 g/mol. The molecule has 1 aromatic heterocycles. The van der Waals surface area contributed by atoms with Crippen LogP contribution in [0.1, 0.15) is 36.8 Å². The third kappa shape index (κ3) is 2.90. The van der Waals surface area contributed by atoms with E-state index in [1.807, 2.05) is 13.8 Å². The Morgan fingerprint density at radius 1 is 1.47 bits per heavy atom. The average molecular weight is 204 g/mol. The van der Waals surface area contributed by atoms with Crippen molar-refractivity contribution in [3.63, 3.8) is 0 Å². The Morgan fingerprint density at radius 3 is 2.60 bits per heavy atom. The lowest BCUT2D eigenvalue weighted by Gasteiger charge is -2.20. The SMILES string of the molecule is C=C(C)C(NCC)c1ccc(C)nc1C. The van der Waals surface area contributed by atoms with Crippen molar-refractivity contribution in [2.24, 2.45) is 0 Å². The third-order valence-corrected chi connectivity index (χ3v) is 2.48. The standard InChI is InChI=1S/C13H20N2/c1-6-14-13(9(2)3)12-8-7-10(4)15-11(12)5/h7-8,13-14H,2,6H2,1,3-5H3. The minimum Gasteiger partial charge on any atom is -0.307 e. The molecule has 0 amide bonds. The Labute approximate surface area is 92.4 Å². The summed E-state index contributed by atoms with van der Waals surface area (Å²) in [5.74, 6) is 0. The van der Waals surface area contributed by atoms with Crippen LogP contribution in [0, 0.1) is 13.8 Å². The number of rotatable bonds is 4. The lowest BCUT2D eigenvalue weighted by atomic mass is 9.99. The summed E-state index contributed by atoms with van der Waals surface area (Å²) in [6, 6.07) is 4.41. The van der Waals surface area contributed by atoms with Gasteiger partial charge in [0.15, 0.2) is 0 Å². The summed E-state index contributed by atoms with van der Waals surface area (Å²) >= 11 is 0. The third-order valence-electron chi connectivity index (χ3n) is 2.48. The number of aromatic nitrogens is 1. The highest BCUT2D eigenvalue weighted by Crippen LogP contribution is 2.22. The van der Waals surface area contributed by atoms with Crippen LogP contribution in [0.5, 0.6) is 0 Å². The van der Waals surface area contributed by atoms with Crippen LogP contribution in [0.2, 0.25) is 0 Å². The molecule has 15 heavy (non-hydrogen) atoms. The lowest BCUT2D eigenvalue weighted by Crippen LogP contribution is -2.22. The van der Waals surface area contributed by atoms with E-state index in [1.165, 1.54) is 5.56 Å². The number of hydrogen-bond donors (Lipinski definition) is 1. The zero-order chi connectivity index (χ0) is 11.4. The largest absolute Gasteiger partial charge is 0.307 e. The molecule has 0 bridgehead atoms. The molecule has 1 unspecified atom stereocenters. The van der Waals surface area contributed by atoms with E-state index in [1.54, 1.807) is 0 Å². The first-order valence-electron chi connectivity index (χ1n) is 5.39. The van der Waals surface area contributed by atoms with Gasteiger partial charge in [-0.05, 0) is 38.9 Å². The van der Waals surface area contributed by atoms with Crippen molar-refractivity contribution in [1.82, 2.24) is 10.3 Å². The van der Waals surface area contributed by atoms with Gasteiger partial charge in [-0.25, -0.2) is 0 Å². The van der Waals surface area contributed by atoms with Crippen molar-refractivity contribution >= 4 is 0 Å². The predicted octanol–water partition coefficient (Wildman–Crippen LogP) is 2.93. The van der Waals surface area contributed by atoms with Gasteiger partial charge in [-0.3, -0.25) is 4.98 Å². The Balaban J connectivity index is 3.05. The predicted molar refractivity (Wildman–Crippen MR) is 64.9 cm³/mol. The van der Waals surface area contributed by atoms with Gasteiger partial charge in [-0.2, -0.15) is 0 Å². The topological polar surface area (TPSA) is 24.9 Å². The Hall–Kier alpha value is -1.15. The maximum atomic E-state index is 4.48. The molecule has 1 rings (SSSR count). The first-order valence-corrected chi connectivity index (χ1v) is 5.39. The molecule has 0 saturated carbocycles. The summed E-state index contributed by atoms with van der Waals surface area (Å²) in [7, 11) is 0. The average Bonchev–Trinajstić information content (AvgIpc) is 2.15. The summed E-state index contributed by atoms with van der Waals surface area (Å²) in [5, 5.41) is 3.42. The van der Waals surface area contributed by atoms with Crippen LogP contribution >= 0.6 is 0 Å². The molecule has 0 aliphatic rings. The van der Waals surface area contributed by atoms with Gasteiger partial charge in [0.2, 0.25) is 0 Å². The van der Waals surface area contributed by atoms with Crippen LogP contribution in [-0.2, 0) is 0 Å². The van der Waals surface area contributed by atoms with E-state index >= 15 is 0 Å². The van der Waals surface area contributed by atoms with Gasteiger partial charge >= 0.3 is 0 Å². The van der Waals surface area contributed by atoms with E-state index in [4.69, 9.17) is 0 Å². The molecule has 0 aliphatic carbocycles. The van der Waals surface area contributed by atoms with Crippen molar-refractivity contribution in [1.29, 1.82) is 0 Å². The number of aryl methyl sites for hydroxylation is 2. The van der Waals surface area contributed by atoms with Crippen LogP contribution in [0.15, 0.2) is 24.3 Å². The van der Waals surface area contributed by atoms with Crippen molar-refractivity contribution < 1.29 is 0 Å². The van der Waals surface area contributed by atoms with Gasteiger partial charge in [0.1, 0.15) is 0 Å². The number of pyridine rings is 1. The number of hydrogen-bond acceptors (Lipinski definition) is 2. The highest BCUT2D eigenvalue weighted by molar-refractivity contribution is 5.30. The maximum absolute atomic E-state index is 4.48. The van der Waals surface area contributed by atoms with Crippen molar-refractivity contribution in [3.05, 3.63) is 41.2 Å². The quantitative estimate of drug-likeness (QED) is 0.763. The van der Waals surface area contributed by atoms with Gasteiger partial charge < -0.3 is 5.32 Å². The highest BCUT2D eigenvalue weighted by Gasteiger charge is 2.13. The molecule has 0 aliphatic heterocycles. The Bertz CT molecular complexity index is 356. The van der Waals surface area contributed by atoms with Gasteiger partial charge in [-0.15, -0.1) is 0 Å². The second kappa shape index (κ2) is 5.08. The van der Waals surface area contributed by atoms with Gasteiger partial charge in [0.05, 0.1) is 6.04 Å². The van der Waals surface area contributed by atoms with Crippen LogP contribution in [-0.4, -0.2) is 11.5 Å². The van der Waals surface area contributed by atoms with Crippen molar-refractivity contribution in [2.45, 2.75) is 33.7 Å². The summed E-state index contributed by atoms with van der Waals surface area (Å²) in [6.07, 6.45) is 0. The van der Waals surface area contributed by atoms with E-state index in [0.717, 1.165) is 23.5 Å². The van der Waals surface area contributed by atoms with Crippen molar-refractivity contribution in [2.75, 3.05) is 6.54 Å². The fourth-order valence-electron chi connectivity index (χ4n) is 1.76. The molecule has 0 spiro atoms. The summed E-state index contributed by atoms with van der Waals surface area (Å²) in [5.41, 5.74) is 4.51. The molecule has 1 atom stereocenters. The molecule has 0 fully saturated rings. The zero-order valence-electron chi connectivity index (χ0n) is 10.1. The molecule has 2 nitrogen and oxygen atoms in total. The number of nitrogens with zero attached hydrogens (tertiary/aromatic N) is 1. The van der Waals surface area contributed by atoms with Crippen LogP contribution in [0.3, 0.4) is 0 Å². The summed E-state index contributed by atoms with van der Waals surface area (Å²) in [4.78, 5) is 4.48. The first-order chi connectivity index (χ1) is 7.06. The minimum absolute atomic E-state index is 0.225.